The van der Waals surface area contributed by atoms with Gasteiger partial charge in [-0.1, -0.05) is 13.3 Å². The highest BCUT2D eigenvalue weighted by Crippen LogP contribution is 2.18. The van der Waals surface area contributed by atoms with Crippen molar-refractivity contribution >= 4 is 6.29 Å². The highest BCUT2D eigenvalue weighted by Gasteiger charge is 2.20. The third-order valence-electron chi connectivity index (χ3n) is 2.90. The molecule has 0 aliphatic carbocycles. The van der Waals surface area contributed by atoms with Crippen LogP contribution in [0.5, 0.6) is 0 Å². The number of aldehydes is 1. The summed E-state index contributed by atoms with van der Waals surface area (Å²) in [5, 5.41) is 0. The minimum Gasteiger partial charge on any atom is -0.303 e. The van der Waals surface area contributed by atoms with Crippen molar-refractivity contribution in [3.63, 3.8) is 0 Å². The zero-order valence-electron chi connectivity index (χ0n) is 8.67. The number of nitrogens with zero attached hydrogens (tertiary/aromatic N) is 1. The summed E-state index contributed by atoms with van der Waals surface area (Å²) in [5.41, 5.74) is 0. The molecular formula is C11H21NO. The number of carbonyl (C=O) groups is 1. The van der Waals surface area contributed by atoms with Crippen molar-refractivity contribution in [3.8, 4) is 0 Å². The van der Waals surface area contributed by atoms with Crippen molar-refractivity contribution in [1.29, 1.82) is 0 Å². The summed E-state index contributed by atoms with van der Waals surface area (Å²) in [5.74, 6) is 0. The molecule has 13 heavy (non-hydrogen) atoms. The Morgan fingerprint density at radius 3 is 2.54 bits per heavy atom. The van der Waals surface area contributed by atoms with Gasteiger partial charge >= 0.3 is 0 Å². The van der Waals surface area contributed by atoms with Gasteiger partial charge in [-0.05, 0) is 38.8 Å². The number of rotatable bonds is 6. The Bertz CT molecular complexity index is 141. The van der Waals surface area contributed by atoms with Crippen LogP contribution in [0, 0.1) is 0 Å². The van der Waals surface area contributed by atoms with Gasteiger partial charge in [0.05, 0.1) is 0 Å². The maximum atomic E-state index is 10.3. The van der Waals surface area contributed by atoms with E-state index in [9.17, 15) is 4.79 Å². The summed E-state index contributed by atoms with van der Waals surface area (Å²) in [7, 11) is 0. The maximum Gasteiger partial charge on any atom is 0.120 e. The fraction of sp³-hybridized carbons (Fsp3) is 0.909. The van der Waals surface area contributed by atoms with Crippen LogP contribution < -0.4 is 0 Å². The molecule has 0 aromatic heterocycles. The summed E-state index contributed by atoms with van der Waals surface area (Å²) in [6.07, 6.45) is 8.05. The zero-order chi connectivity index (χ0) is 9.52. The third kappa shape index (κ3) is 3.47. The lowest BCUT2D eigenvalue weighted by atomic mass is 10.1. The first-order valence-corrected chi connectivity index (χ1v) is 5.56. The molecule has 2 heteroatoms. The fourth-order valence-corrected chi connectivity index (χ4v) is 2.21. The molecule has 0 spiro atoms. The third-order valence-corrected chi connectivity index (χ3v) is 2.90. The average Bonchev–Trinajstić information content (AvgIpc) is 2.65. The van der Waals surface area contributed by atoms with Crippen molar-refractivity contribution in [2.45, 2.75) is 51.5 Å². The normalized spacial score (nSPS) is 20.4. The van der Waals surface area contributed by atoms with E-state index >= 15 is 0 Å². The Balaban J connectivity index is 2.30. The summed E-state index contributed by atoms with van der Waals surface area (Å²) >= 11 is 0. The molecule has 0 radical (unpaired) electrons. The first-order chi connectivity index (χ1) is 6.38. The van der Waals surface area contributed by atoms with E-state index < -0.39 is 0 Å². The van der Waals surface area contributed by atoms with E-state index in [4.69, 9.17) is 0 Å². The molecule has 76 valence electrons. The van der Waals surface area contributed by atoms with E-state index in [1.807, 2.05) is 0 Å². The molecule has 0 aromatic carbocycles. The molecule has 0 bridgehead atoms. The second kappa shape index (κ2) is 6.14. The number of carbonyl (C=O) groups excluding carboxylic acids is 1. The Kier molecular flexibility index (Phi) is 5.06. The molecule has 1 atom stereocenters. The minimum absolute atomic E-state index is 0.678. The predicted octanol–water partition coefficient (Wildman–Crippen LogP) is 2.23. The first kappa shape index (κ1) is 10.7. The molecule has 1 fully saturated rings. The molecule has 1 aliphatic rings. The Labute approximate surface area is 81.3 Å². The van der Waals surface area contributed by atoms with Gasteiger partial charge in [0.2, 0.25) is 0 Å². The fourth-order valence-electron chi connectivity index (χ4n) is 2.21. The van der Waals surface area contributed by atoms with Gasteiger partial charge in [0.25, 0.3) is 0 Å². The molecule has 0 aromatic rings. The van der Waals surface area contributed by atoms with Crippen molar-refractivity contribution < 1.29 is 4.79 Å². The van der Waals surface area contributed by atoms with Crippen LogP contribution in [0.3, 0.4) is 0 Å². The molecule has 1 heterocycles. The molecule has 2 nitrogen and oxygen atoms in total. The zero-order valence-corrected chi connectivity index (χ0v) is 8.67. The van der Waals surface area contributed by atoms with Crippen LogP contribution in [0.1, 0.15) is 45.4 Å². The lowest BCUT2D eigenvalue weighted by Crippen LogP contribution is -2.32. The van der Waals surface area contributed by atoms with Gasteiger partial charge in [-0.2, -0.15) is 0 Å². The van der Waals surface area contributed by atoms with Gasteiger partial charge in [0.15, 0.2) is 0 Å². The standard InChI is InChI=1S/C11H21NO/c1-2-6-11(7-5-10-13)12-8-3-4-9-12/h10-11H,2-9H2,1H3. The number of hydrogen-bond donors (Lipinski definition) is 0. The topological polar surface area (TPSA) is 20.3 Å². The molecule has 1 aliphatic heterocycles. The molecule has 1 saturated heterocycles. The van der Waals surface area contributed by atoms with Crippen molar-refractivity contribution in [1.82, 2.24) is 4.90 Å². The van der Waals surface area contributed by atoms with Crippen LogP contribution in [0.15, 0.2) is 0 Å². The van der Waals surface area contributed by atoms with Crippen LogP contribution in [0.4, 0.5) is 0 Å². The lowest BCUT2D eigenvalue weighted by Gasteiger charge is -2.26. The number of likely N-dealkylation sites (tertiary alicyclic amines) is 1. The van der Waals surface area contributed by atoms with E-state index in [0.29, 0.717) is 6.04 Å². The van der Waals surface area contributed by atoms with Crippen LogP contribution in [-0.2, 0) is 4.79 Å². The minimum atomic E-state index is 0.678. The second-order valence-corrected chi connectivity index (χ2v) is 3.93. The van der Waals surface area contributed by atoms with Gasteiger partial charge in [-0.25, -0.2) is 0 Å². The van der Waals surface area contributed by atoms with Crippen molar-refractivity contribution in [2.24, 2.45) is 0 Å². The van der Waals surface area contributed by atoms with Crippen LogP contribution in [-0.4, -0.2) is 30.3 Å². The van der Waals surface area contributed by atoms with Gasteiger partial charge in [-0.15, -0.1) is 0 Å². The molecule has 0 saturated carbocycles. The SMILES string of the molecule is CCCC(CCC=O)N1CCCC1. The van der Waals surface area contributed by atoms with Crippen molar-refractivity contribution in [3.05, 3.63) is 0 Å². The second-order valence-electron chi connectivity index (χ2n) is 3.93. The van der Waals surface area contributed by atoms with E-state index in [1.54, 1.807) is 0 Å². The highest BCUT2D eigenvalue weighted by molar-refractivity contribution is 5.49. The van der Waals surface area contributed by atoms with E-state index in [0.717, 1.165) is 19.1 Å². The van der Waals surface area contributed by atoms with Gasteiger partial charge < -0.3 is 9.69 Å². The van der Waals surface area contributed by atoms with E-state index in [2.05, 4.69) is 11.8 Å². The Hall–Kier alpha value is -0.370. The molecule has 1 rings (SSSR count). The molecule has 0 amide bonds. The smallest absolute Gasteiger partial charge is 0.120 e. The quantitative estimate of drug-likeness (QED) is 0.589. The average molecular weight is 183 g/mol. The van der Waals surface area contributed by atoms with Gasteiger partial charge in [0, 0.05) is 12.5 Å². The largest absolute Gasteiger partial charge is 0.303 e. The summed E-state index contributed by atoms with van der Waals surface area (Å²) in [4.78, 5) is 12.9. The monoisotopic (exact) mass is 183 g/mol. The Morgan fingerprint density at radius 1 is 1.31 bits per heavy atom. The summed E-state index contributed by atoms with van der Waals surface area (Å²) in [6, 6.07) is 0.678. The van der Waals surface area contributed by atoms with Crippen LogP contribution >= 0.6 is 0 Å². The van der Waals surface area contributed by atoms with Gasteiger partial charge in [0.1, 0.15) is 6.29 Å². The molecule has 1 unspecified atom stereocenters. The lowest BCUT2D eigenvalue weighted by molar-refractivity contribution is -0.108. The summed E-state index contributed by atoms with van der Waals surface area (Å²) in [6.45, 7) is 4.73. The van der Waals surface area contributed by atoms with Crippen LogP contribution in [0.25, 0.3) is 0 Å². The Morgan fingerprint density at radius 2 is 2.00 bits per heavy atom. The highest BCUT2D eigenvalue weighted by atomic mass is 16.1. The first-order valence-electron chi connectivity index (χ1n) is 5.56. The van der Waals surface area contributed by atoms with Gasteiger partial charge in [-0.3, -0.25) is 0 Å². The van der Waals surface area contributed by atoms with E-state index in [-0.39, 0.29) is 0 Å². The maximum absolute atomic E-state index is 10.3. The van der Waals surface area contributed by atoms with E-state index in [1.165, 1.54) is 38.8 Å². The molecule has 0 N–H and O–H groups in total. The predicted molar refractivity (Wildman–Crippen MR) is 54.8 cm³/mol. The van der Waals surface area contributed by atoms with Crippen LogP contribution in [0.2, 0.25) is 0 Å². The molecular weight excluding hydrogens is 162 g/mol. The van der Waals surface area contributed by atoms with Crippen molar-refractivity contribution in [2.75, 3.05) is 13.1 Å². The number of hydrogen-bond acceptors (Lipinski definition) is 2. The summed E-state index contributed by atoms with van der Waals surface area (Å²) < 4.78 is 0.